The molecule has 2 rings (SSSR count). The second-order valence-electron chi connectivity index (χ2n) is 4.76. The van der Waals surface area contributed by atoms with Crippen LogP contribution in [-0.4, -0.2) is 26.2 Å². The van der Waals surface area contributed by atoms with Gasteiger partial charge >= 0.3 is 0 Å². The smallest absolute Gasteiger partial charge is 0.231 e. The average Bonchev–Trinajstić information content (AvgIpc) is 2.85. The number of aromatic nitrogens is 1. The molecule has 4 nitrogen and oxygen atoms in total. The van der Waals surface area contributed by atoms with Crippen LogP contribution in [0.5, 0.6) is 5.88 Å². The number of thiazole rings is 1. The van der Waals surface area contributed by atoms with Gasteiger partial charge in [0.15, 0.2) is 5.13 Å². The SMILES string of the molecule is COc1nc(N(C)C)sc1CNc1cc(Cl)c(C)cc1Br. The Morgan fingerprint density at radius 3 is 2.76 bits per heavy atom. The third kappa shape index (κ3) is 3.81. The van der Waals surface area contributed by atoms with Crippen molar-refractivity contribution in [1.82, 2.24) is 4.98 Å². The van der Waals surface area contributed by atoms with Crippen molar-refractivity contribution in [3.63, 3.8) is 0 Å². The van der Waals surface area contributed by atoms with E-state index in [0.29, 0.717) is 12.4 Å². The Kier molecular flexibility index (Phi) is 5.35. The summed E-state index contributed by atoms with van der Waals surface area (Å²) in [6, 6.07) is 3.92. The minimum Gasteiger partial charge on any atom is -0.480 e. The van der Waals surface area contributed by atoms with Gasteiger partial charge in [0.1, 0.15) is 0 Å². The van der Waals surface area contributed by atoms with Crippen molar-refractivity contribution < 1.29 is 4.74 Å². The monoisotopic (exact) mass is 389 g/mol. The summed E-state index contributed by atoms with van der Waals surface area (Å²) in [7, 11) is 5.56. The van der Waals surface area contributed by atoms with Crippen LogP contribution in [0.4, 0.5) is 10.8 Å². The number of aryl methyl sites for hydroxylation is 1. The fourth-order valence-corrected chi connectivity index (χ4v) is 3.40. The summed E-state index contributed by atoms with van der Waals surface area (Å²) in [5.41, 5.74) is 1.99. The van der Waals surface area contributed by atoms with E-state index >= 15 is 0 Å². The van der Waals surface area contributed by atoms with Gasteiger partial charge in [-0.3, -0.25) is 0 Å². The lowest BCUT2D eigenvalue weighted by atomic mass is 10.2. The first-order valence-corrected chi connectivity index (χ1v) is 8.31. The molecule has 0 radical (unpaired) electrons. The van der Waals surface area contributed by atoms with Crippen LogP contribution in [0.15, 0.2) is 16.6 Å². The zero-order chi connectivity index (χ0) is 15.6. The zero-order valence-electron chi connectivity index (χ0n) is 12.3. The number of nitrogens with zero attached hydrogens (tertiary/aromatic N) is 2. The Balaban J connectivity index is 2.18. The quantitative estimate of drug-likeness (QED) is 0.812. The molecule has 114 valence electrons. The number of ether oxygens (including phenoxy) is 1. The van der Waals surface area contributed by atoms with E-state index in [-0.39, 0.29) is 0 Å². The van der Waals surface area contributed by atoms with Crippen LogP contribution in [0.2, 0.25) is 5.02 Å². The lowest BCUT2D eigenvalue weighted by Crippen LogP contribution is -2.07. The Morgan fingerprint density at radius 1 is 1.43 bits per heavy atom. The molecule has 2 aromatic rings. The third-order valence-corrected chi connectivity index (χ3v) is 5.18. The number of nitrogens with one attached hydrogen (secondary N) is 1. The summed E-state index contributed by atoms with van der Waals surface area (Å²) < 4.78 is 6.32. The number of anilines is 2. The van der Waals surface area contributed by atoms with Gasteiger partial charge in [0.05, 0.1) is 24.2 Å². The first kappa shape index (κ1) is 16.4. The minimum absolute atomic E-state index is 0.632. The topological polar surface area (TPSA) is 37.4 Å². The maximum absolute atomic E-state index is 6.17. The Bertz CT molecular complexity index is 645. The van der Waals surface area contributed by atoms with Crippen molar-refractivity contribution in [2.45, 2.75) is 13.5 Å². The van der Waals surface area contributed by atoms with Crippen LogP contribution in [0.1, 0.15) is 10.4 Å². The summed E-state index contributed by atoms with van der Waals surface area (Å²) in [4.78, 5) is 7.45. The molecule has 0 amide bonds. The maximum atomic E-state index is 6.17. The van der Waals surface area contributed by atoms with Crippen molar-refractivity contribution in [3.8, 4) is 5.88 Å². The van der Waals surface area contributed by atoms with Crippen molar-refractivity contribution in [1.29, 1.82) is 0 Å². The molecule has 0 unspecified atom stereocenters. The van der Waals surface area contributed by atoms with Crippen molar-refractivity contribution >= 4 is 49.7 Å². The summed E-state index contributed by atoms with van der Waals surface area (Å²) >= 11 is 11.3. The second kappa shape index (κ2) is 6.85. The van der Waals surface area contributed by atoms with E-state index in [9.17, 15) is 0 Å². The van der Waals surface area contributed by atoms with Gasteiger partial charge in [-0.05, 0) is 40.5 Å². The van der Waals surface area contributed by atoms with Gasteiger partial charge in [-0.1, -0.05) is 22.9 Å². The molecule has 0 bridgehead atoms. The summed E-state index contributed by atoms with van der Waals surface area (Å²) in [5.74, 6) is 0.658. The van der Waals surface area contributed by atoms with Crippen molar-refractivity contribution in [3.05, 3.63) is 32.1 Å². The highest BCUT2D eigenvalue weighted by Crippen LogP contribution is 2.33. The first-order chi connectivity index (χ1) is 9.92. The van der Waals surface area contributed by atoms with Crippen molar-refractivity contribution in [2.24, 2.45) is 0 Å². The highest BCUT2D eigenvalue weighted by molar-refractivity contribution is 9.10. The van der Waals surface area contributed by atoms with Gasteiger partial charge in [0, 0.05) is 23.6 Å². The maximum Gasteiger partial charge on any atom is 0.231 e. The fourth-order valence-electron chi connectivity index (χ4n) is 1.75. The molecule has 0 atom stereocenters. The molecule has 0 aliphatic carbocycles. The van der Waals surface area contributed by atoms with Crippen molar-refractivity contribution in [2.75, 3.05) is 31.4 Å². The average molecular weight is 391 g/mol. The van der Waals surface area contributed by atoms with Crippen LogP contribution in [0.25, 0.3) is 0 Å². The Hall–Kier alpha value is -0.980. The van der Waals surface area contributed by atoms with Gasteiger partial charge in [0.2, 0.25) is 5.88 Å². The number of benzene rings is 1. The fraction of sp³-hybridized carbons (Fsp3) is 0.357. The molecule has 0 saturated carbocycles. The summed E-state index contributed by atoms with van der Waals surface area (Å²) in [5, 5.41) is 5.03. The third-order valence-electron chi connectivity index (χ3n) is 2.91. The molecular formula is C14H17BrClN3OS. The molecule has 1 aromatic carbocycles. The normalized spacial score (nSPS) is 10.6. The minimum atomic E-state index is 0.632. The predicted octanol–water partition coefficient (Wildman–Crippen LogP) is 4.55. The number of methoxy groups -OCH3 is 1. The van der Waals surface area contributed by atoms with E-state index in [1.165, 1.54) is 0 Å². The highest BCUT2D eigenvalue weighted by atomic mass is 79.9. The van der Waals surface area contributed by atoms with E-state index in [0.717, 1.165) is 30.8 Å². The van der Waals surface area contributed by atoms with Crippen LogP contribution < -0.4 is 15.0 Å². The molecule has 0 saturated heterocycles. The van der Waals surface area contributed by atoms with E-state index < -0.39 is 0 Å². The van der Waals surface area contributed by atoms with E-state index in [1.807, 2.05) is 38.1 Å². The standard InChI is InChI=1S/C14H17BrClN3OS/c1-8-5-9(15)11(6-10(8)16)17-7-12-13(20-4)18-14(21-12)19(2)3/h5-6,17H,7H2,1-4H3. The number of halogens is 2. The lowest BCUT2D eigenvalue weighted by Gasteiger charge is -2.10. The van der Waals surface area contributed by atoms with Gasteiger partial charge in [-0.25, -0.2) is 0 Å². The molecule has 7 heteroatoms. The molecule has 0 aliphatic rings. The van der Waals surface area contributed by atoms with Crippen LogP contribution in [-0.2, 0) is 6.54 Å². The zero-order valence-corrected chi connectivity index (χ0v) is 15.5. The number of hydrogen-bond acceptors (Lipinski definition) is 5. The summed E-state index contributed by atoms with van der Waals surface area (Å²) in [6.45, 7) is 2.61. The van der Waals surface area contributed by atoms with E-state index in [2.05, 4.69) is 26.2 Å². The molecular weight excluding hydrogens is 374 g/mol. The van der Waals surface area contributed by atoms with Gasteiger partial charge in [0.25, 0.3) is 0 Å². The van der Waals surface area contributed by atoms with E-state index in [1.54, 1.807) is 18.4 Å². The number of hydrogen-bond donors (Lipinski definition) is 1. The molecule has 21 heavy (non-hydrogen) atoms. The Labute approximate surface area is 142 Å². The van der Waals surface area contributed by atoms with Crippen LogP contribution in [0, 0.1) is 6.92 Å². The van der Waals surface area contributed by atoms with Crippen LogP contribution in [0.3, 0.4) is 0 Å². The number of rotatable bonds is 5. The van der Waals surface area contributed by atoms with Crippen LogP contribution >= 0.6 is 38.9 Å². The molecule has 1 aromatic heterocycles. The van der Waals surface area contributed by atoms with Gasteiger partial charge in [-0.2, -0.15) is 4.98 Å². The summed E-state index contributed by atoms with van der Waals surface area (Å²) in [6.07, 6.45) is 0. The van der Waals surface area contributed by atoms with Gasteiger partial charge in [-0.15, -0.1) is 0 Å². The Morgan fingerprint density at radius 2 is 2.14 bits per heavy atom. The highest BCUT2D eigenvalue weighted by Gasteiger charge is 2.13. The predicted molar refractivity (Wildman–Crippen MR) is 94.2 cm³/mol. The lowest BCUT2D eigenvalue weighted by molar-refractivity contribution is 0.397. The molecule has 1 heterocycles. The molecule has 0 spiro atoms. The molecule has 0 fully saturated rings. The van der Waals surface area contributed by atoms with E-state index in [4.69, 9.17) is 16.3 Å². The van der Waals surface area contributed by atoms with Gasteiger partial charge < -0.3 is 15.0 Å². The second-order valence-corrected chi connectivity index (χ2v) is 7.08. The molecule has 1 N–H and O–H groups in total. The first-order valence-electron chi connectivity index (χ1n) is 6.33. The largest absolute Gasteiger partial charge is 0.480 e. The molecule has 0 aliphatic heterocycles.